The summed E-state index contributed by atoms with van der Waals surface area (Å²) in [4.78, 5) is 23.9. The molecular formula is C19H25N5O2. The van der Waals surface area contributed by atoms with E-state index in [1.807, 2.05) is 51.1 Å². The number of anilines is 3. The highest BCUT2D eigenvalue weighted by atomic mass is 16.5. The number of hydrogen-bond acceptors (Lipinski definition) is 6. The Hall–Kier alpha value is -2.83. The van der Waals surface area contributed by atoms with Crippen molar-refractivity contribution in [3.8, 4) is 5.75 Å². The van der Waals surface area contributed by atoms with Crippen LogP contribution in [0.15, 0.2) is 30.3 Å². The Morgan fingerprint density at radius 3 is 2.42 bits per heavy atom. The third-order valence-electron chi connectivity index (χ3n) is 4.11. The van der Waals surface area contributed by atoms with Gasteiger partial charge in [0, 0.05) is 43.6 Å². The first-order valence-corrected chi connectivity index (χ1v) is 8.87. The fourth-order valence-electron chi connectivity index (χ4n) is 2.84. The summed E-state index contributed by atoms with van der Waals surface area (Å²) in [5, 5.41) is 3.25. The van der Waals surface area contributed by atoms with Gasteiger partial charge in [0.2, 0.25) is 12.4 Å². The van der Waals surface area contributed by atoms with Gasteiger partial charge in [-0.2, -0.15) is 4.98 Å². The molecule has 7 heteroatoms. The van der Waals surface area contributed by atoms with Crippen LogP contribution in [-0.2, 0) is 4.79 Å². The Kier molecular flexibility index (Phi) is 5.55. The lowest BCUT2D eigenvalue weighted by molar-refractivity contribution is -0.118. The van der Waals surface area contributed by atoms with Gasteiger partial charge in [0.25, 0.3) is 0 Å². The largest absolute Gasteiger partial charge is 0.491 e. The van der Waals surface area contributed by atoms with Gasteiger partial charge in [-0.3, -0.25) is 4.79 Å². The number of nitrogens with zero attached hydrogens (tertiary/aromatic N) is 4. The second-order valence-corrected chi connectivity index (χ2v) is 6.64. The van der Waals surface area contributed by atoms with Gasteiger partial charge in [-0.15, -0.1) is 0 Å². The Morgan fingerprint density at radius 1 is 1.12 bits per heavy atom. The molecule has 0 bridgehead atoms. The van der Waals surface area contributed by atoms with E-state index in [2.05, 4.69) is 20.2 Å². The van der Waals surface area contributed by atoms with E-state index in [0.29, 0.717) is 19.0 Å². The second kappa shape index (κ2) is 8.03. The van der Waals surface area contributed by atoms with E-state index >= 15 is 0 Å². The van der Waals surface area contributed by atoms with Gasteiger partial charge in [0.05, 0.1) is 6.10 Å². The number of benzene rings is 1. The summed E-state index contributed by atoms with van der Waals surface area (Å²) in [6, 6.07) is 9.73. The van der Waals surface area contributed by atoms with E-state index in [4.69, 9.17) is 4.74 Å². The molecule has 0 radical (unpaired) electrons. The maximum Gasteiger partial charge on any atom is 0.229 e. The summed E-state index contributed by atoms with van der Waals surface area (Å²) in [7, 11) is 0. The molecule has 0 aliphatic carbocycles. The van der Waals surface area contributed by atoms with Crippen LogP contribution >= 0.6 is 0 Å². The van der Waals surface area contributed by atoms with Crippen molar-refractivity contribution in [3.63, 3.8) is 0 Å². The molecule has 1 saturated heterocycles. The molecule has 7 nitrogen and oxygen atoms in total. The van der Waals surface area contributed by atoms with Crippen LogP contribution in [0.5, 0.6) is 5.75 Å². The molecular weight excluding hydrogens is 330 g/mol. The number of nitrogens with one attached hydrogen (secondary N) is 1. The summed E-state index contributed by atoms with van der Waals surface area (Å²) in [5.74, 6) is 2.28. The molecule has 0 atom stereocenters. The lowest BCUT2D eigenvalue weighted by atomic mass is 10.3. The molecule has 2 aromatic rings. The van der Waals surface area contributed by atoms with E-state index in [1.165, 1.54) is 0 Å². The van der Waals surface area contributed by atoms with Gasteiger partial charge in [-0.05, 0) is 45.0 Å². The molecule has 1 aromatic heterocycles. The van der Waals surface area contributed by atoms with Gasteiger partial charge in [-0.25, -0.2) is 4.98 Å². The Balaban J connectivity index is 1.70. The number of rotatable bonds is 6. The van der Waals surface area contributed by atoms with Crippen LogP contribution in [0.4, 0.5) is 17.5 Å². The number of amides is 1. The molecule has 26 heavy (non-hydrogen) atoms. The number of aromatic nitrogens is 2. The molecule has 1 aliphatic rings. The molecule has 3 rings (SSSR count). The third kappa shape index (κ3) is 4.62. The predicted molar refractivity (Wildman–Crippen MR) is 102 cm³/mol. The van der Waals surface area contributed by atoms with Crippen molar-refractivity contribution in [3.05, 3.63) is 36.0 Å². The lowest BCUT2D eigenvalue weighted by Gasteiger charge is -2.33. The standard InChI is InChI=1S/C19H25N5O2/c1-14(2)26-17-6-4-16(5-7-17)21-19-20-15(3)12-18(22-19)24-10-8-23(13-25)9-11-24/h4-7,12-14H,8-11H2,1-3H3,(H,20,21,22). The highest BCUT2D eigenvalue weighted by Gasteiger charge is 2.17. The Bertz CT molecular complexity index is 740. The number of carbonyl (C=O) groups is 1. The summed E-state index contributed by atoms with van der Waals surface area (Å²) >= 11 is 0. The van der Waals surface area contributed by atoms with E-state index in [-0.39, 0.29) is 6.10 Å². The van der Waals surface area contributed by atoms with Crippen LogP contribution in [0.3, 0.4) is 0 Å². The van der Waals surface area contributed by atoms with Gasteiger partial charge in [0.1, 0.15) is 11.6 Å². The molecule has 1 aliphatic heterocycles. The van der Waals surface area contributed by atoms with Gasteiger partial charge >= 0.3 is 0 Å². The van der Waals surface area contributed by atoms with E-state index in [0.717, 1.165) is 42.4 Å². The van der Waals surface area contributed by atoms with E-state index in [9.17, 15) is 4.79 Å². The van der Waals surface area contributed by atoms with Crippen molar-refractivity contribution in [2.75, 3.05) is 36.4 Å². The molecule has 0 unspecified atom stereocenters. The zero-order chi connectivity index (χ0) is 18.5. The highest BCUT2D eigenvalue weighted by Crippen LogP contribution is 2.22. The fourth-order valence-corrected chi connectivity index (χ4v) is 2.84. The van der Waals surface area contributed by atoms with Crippen molar-refractivity contribution in [2.45, 2.75) is 26.9 Å². The number of ether oxygens (including phenoxy) is 1. The highest BCUT2D eigenvalue weighted by molar-refractivity contribution is 5.57. The molecule has 1 amide bonds. The zero-order valence-electron chi connectivity index (χ0n) is 15.5. The first-order chi connectivity index (χ1) is 12.5. The minimum Gasteiger partial charge on any atom is -0.491 e. The molecule has 2 heterocycles. The van der Waals surface area contributed by atoms with Gasteiger partial charge in [-0.1, -0.05) is 0 Å². The summed E-state index contributed by atoms with van der Waals surface area (Å²) in [6.45, 7) is 8.94. The normalized spacial score (nSPS) is 14.5. The topological polar surface area (TPSA) is 70.6 Å². The molecule has 1 aromatic carbocycles. The first kappa shape index (κ1) is 18.0. The number of piperazine rings is 1. The van der Waals surface area contributed by atoms with Crippen LogP contribution in [0, 0.1) is 6.92 Å². The Morgan fingerprint density at radius 2 is 1.81 bits per heavy atom. The summed E-state index contributed by atoms with van der Waals surface area (Å²) in [6.07, 6.45) is 1.05. The maximum atomic E-state index is 10.9. The third-order valence-corrected chi connectivity index (χ3v) is 4.11. The van der Waals surface area contributed by atoms with Crippen LogP contribution in [0.25, 0.3) is 0 Å². The van der Waals surface area contributed by atoms with Crippen LogP contribution < -0.4 is 15.0 Å². The first-order valence-electron chi connectivity index (χ1n) is 8.87. The lowest BCUT2D eigenvalue weighted by Crippen LogP contribution is -2.46. The number of hydrogen-bond donors (Lipinski definition) is 1. The van der Waals surface area contributed by atoms with Crippen molar-refractivity contribution in [2.24, 2.45) is 0 Å². The van der Waals surface area contributed by atoms with Crippen LogP contribution in [-0.4, -0.2) is 53.6 Å². The fraction of sp³-hybridized carbons (Fsp3) is 0.421. The smallest absolute Gasteiger partial charge is 0.229 e. The molecule has 1 N–H and O–H groups in total. The minimum absolute atomic E-state index is 0.149. The zero-order valence-corrected chi connectivity index (χ0v) is 15.5. The quantitative estimate of drug-likeness (QED) is 0.803. The predicted octanol–water partition coefficient (Wildman–Crippen LogP) is 2.59. The van der Waals surface area contributed by atoms with E-state index in [1.54, 1.807) is 4.90 Å². The van der Waals surface area contributed by atoms with E-state index < -0.39 is 0 Å². The van der Waals surface area contributed by atoms with Crippen molar-refractivity contribution in [1.82, 2.24) is 14.9 Å². The SMILES string of the molecule is Cc1cc(N2CCN(C=O)CC2)nc(Nc2ccc(OC(C)C)cc2)n1. The van der Waals surface area contributed by atoms with Crippen molar-refractivity contribution in [1.29, 1.82) is 0 Å². The maximum absolute atomic E-state index is 10.9. The van der Waals surface area contributed by atoms with Gasteiger partial charge < -0.3 is 19.9 Å². The van der Waals surface area contributed by atoms with Crippen molar-refractivity contribution < 1.29 is 9.53 Å². The summed E-state index contributed by atoms with van der Waals surface area (Å²) in [5.41, 5.74) is 1.80. The van der Waals surface area contributed by atoms with Crippen LogP contribution in [0.1, 0.15) is 19.5 Å². The monoisotopic (exact) mass is 355 g/mol. The average molecular weight is 355 g/mol. The van der Waals surface area contributed by atoms with Gasteiger partial charge in [0.15, 0.2) is 0 Å². The second-order valence-electron chi connectivity index (χ2n) is 6.64. The minimum atomic E-state index is 0.149. The average Bonchev–Trinajstić information content (AvgIpc) is 2.62. The Labute approximate surface area is 154 Å². The molecule has 1 fully saturated rings. The number of aryl methyl sites for hydroxylation is 1. The molecule has 138 valence electrons. The molecule has 0 spiro atoms. The van der Waals surface area contributed by atoms with Crippen molar-refractivity contribution >= 4 is 23.9 Å². The number of carbonyl (C=O) groups excluding carboxylic acids is 1. The summed E-state index contributed by atoms with van der Waals surface area (Å²) < 4.78 is 5.66. The van der Waals surface area contributed by atoms with Crippen LogP contribution in [0.2, 0.25) is 0 Å². The molecule has 0 saturated carbocycles.